The number of aromatic nitrogens is 8. The van der Waals surface area contributed by atoms with Gasteiger partial charge in [0.2, 0.25) is 35.7 Å². The molecule has 12 aromatic rings. The Morgan fingerprint density at radius 1 is 0.424 bits per heavy atom. The lowest BCUT2D eigenvalue weighted by molar-refractivity contribution is -0.432. The van der Waals surface area contributed by atoms with Crippen LogP contribution in [0.5, 0.6) is 0 Å². The highest BCUT2D eigenvalue weighted by Crippen LogP contribution is 2.50. The number of rotatable bonds is 28. The lowest BCUT2D eigenvalue weighted by Crippen LogP contribution is -2.30. The van der Waals surface area contributed by atoms with Gasteiger partial charge in [0.25, 0.3) is 51.6 Å². The van der Waals surface area contributed by atoms with Crippen LogP contribution in [0.25, 0.3) is 44.1 Å². The molecule has 0 saturated heterocycles. The molecule has 0 atom stereocenters. The third kappa shape index (κ3) is 17.1. The molecule has 4 heterocycles. The van der Waals surface area contributed by atoms with E-state index >= 15 is 0 Å². The van der Waals surface area contributed by atoms with Crippen LogP contribution < -0.4 is 54.5 Å². The second kappa shape index (κ2) is 33.8. The first-order valence-electron chi connectivity index (χ1n) is 37.7. The number of carbonyl (C=O) groups is 4. The average Bonchev–Trinajstić information content (AvgIpc) is 0.708. The number of carbonyl (C=O) groups excluding carboxylic acids is 4. The van der Waals surface area contributed by atoms with E-state index in [-0.39, 0.29) is 181 Å². The van der Waals surface area contributed by atoms with Crippen molar-refractivity contribution in [2.45, 2.75) is 99.2 Å². The number of anilines is 12. The zero-order chi connectivity index (χ0) is 88.6. The van der Waals surface area contributed by atoms with Crippen molar-refractivity contribution < 1.29 is 100 Å². The minimum Gasteiger partial charge on any atom is -0.368 e. The number of pyridine rings is 2. The van der Waals surface area contributed by atoms with Crippen LogP contribution >= 0.6 is 24.1 Å². The van der Waals surface area contributed by atoms with E-state index in [1.807, 2.05) is 0 Å². The lowest BCUT2D eigenvalue weighted by atomic mass is 9.75. The van der Waals surface area contributed by atoms with Crippen LogP contribution in [0.3, 0.4) is 0 Å². The van der Waals surface area contributed by atoms with Gasteiger partial charge >= 0.3 is 0 Å². The highest BCUT2D eigenvalue weighted by atomic mass is 32.2. The van der Waals surface area contributed by atoms with Gasteiger partial charge in [-0.05, 0) is 154 Å². The fourth-order valence-corrected chi connectivity index (χ4v) is 20.0. The summed E-state index contributed by atoms with van der Waals surface area (Å²) in [6.45, 7) is 0. The van der Waals surface area contributed by atoms with E-state index in [1.54, 1.807) is 24.3 Å². The van der Waals surface area contributed by atoms with Gasteiger partial charge in [-0.2, -0.15) is 63.6 Å². The number of aryl methyl sites for hydroxylation is 2. The van der Waals surface area contributed by atoms with Crippen LogP contribution in [0.2, 0.25) is 0 Å². The largest absolute Gasteiger partial charge is 0.368 e. The van der Waals surface area contributed by atoms with Gasteiger partial charge < -0.3 is 52.5 Å². The molecule has 4 aliphatic carbocycles. The van der Waals surface area contributed by atoms with Crippen LogP contribution in [-0.4, -0.2) is 137 Å². The Balaban J connectivity index is 0.595. The van der Waals surface area contributed by atoms with Crippen molar-refractivity contribution in [1.29, 1.82) is 0 Å². The molecular weight excluding hydrogens is 1750 g/mol. The summed E-state index contributed by atoms with van der Waals surface area (Å²) in [6, 6.07) is 30.8. The van der Waals surface area contributed by atoms with E-state index in [0.29, 0.717) is 49.6 Å². The molecule has 125 heavy (non-hydrogen) atoms. The van der Waals surface area contributed by atoms with Crippen molar-refractivity contribution in [2.24, 2.45) is 25.9 Å². The Morgan fingerprint density at radius 2 is 0.792 bits per heavy atom. The first-order valence-corrected chi connectivity index (χ1v) is 44.9. The Kier molecular flexibility index (Phi) is 23.2. The maximum absolute atomic E-state index is 14.9. The molecule has 4 aromatic heterocycles. The van der Waals surface area contributed by atoms with E-state index in [4.69, 9.17) is 20.1 Å². The van der Waals surface area contributed by atoms with Crippen molar-refractivity contribution >= 4 is 179 Å². The maximum Gasteiger partial charge on any atom is 0.296 e. The normalized spacial score (nSPS) is 16.3. The third-order valence-corrected chi connectivity index (χ3v) is 26.9. The summed E-state index contributed by atoms with van der Waals surface area (Å²) in [5.41, 5.74) is 8.95. The molecule has 644 valence electrons. The molecule has 0 amide bonds. The molecule has 40 nitrogen and oxygen atoms in total. The molecule has 16 N–H and O–H groups in total. The molecule has 0 radical (unpaired) electrons. The second-order valence-corrected chi connectivity index (χ2v) is 36.7. The first kappa shape index (κ1) is 85.9. The summed E-state index contributed by atoms with van der Waals surface area (Å²) in [7, 11) is -17.3. The minimum atomic E-state index is -5.22. The summed E-state index contributed by atoms with van der Waals surface area (Å²) in [6.07, 6.45) is 6.99. The first-order chi connectivity index (χ1) is 59.5. The highest BCUT2D eigenvalue weighted by molar-refractivity contribution is 7.95. The van der Waals surface area contributed by atoms with Gasteiger partial charge in [-0.3, -0.25) is 47.0 Å². The van der Waals surface area contributed by atoms with Crippen molar-refractivity contribution in [3.05, 3.63) is 211 Å². The van der Waals surface area contributed by atoms with E-state index in [1.165, 1.54) is 99.0 Å². The SMILES string of the molecule is Cn1c(=O)c(C(=O)c2cccc(S(=O)(=O)O)c2)c2c3c(c(Nc4cc(Nc5nc(N)nc(NC6CCC(CC7CCC(Nc8nc(N)nc(Nc9cc(Nc%10ccc%11c%12c%10C(=O)c%10ccccc%10-c%12c(C(=O)c%10cccc(S(=O)(=O)O)c%10)c(=O)n%11C)c(S(=O)(=O)O)cc9SOOO)n8)CC7)CC6)n5)c(S(=O)(=O)O)cc4SOOO)ccc31)C(=O)c1ccccc1-2. The van der Waals surface area contributed by atoms with Gasteiger partial charge in [0.05, 0.1) is 111 Å². The summed E-state index contributed by atoms with van der Waals surface area (Å²) in [5.74, 6) is -3.40. The predicted octanol–water partition coefficient (Wildman–Crippen LogP) is 11.7. The van der Waals surface area contributed by atoms with Gasteiger partial charge in [-0.1, -0.05) is 82.9 Å². The quantitative estimate of drug-likeness (QED) is 0.00712. The summed E-state index contributed by atoms with van der Waals surface area (Å²) in [5, 5.41) is 45.0. The Labute approximate surface area is 715 Å². The molecular formula is C79H68N16O24S6. The van der Waals surface area contributed by atoms with Gasteiger partial charge in [0, 0.05) is 70.3 Å². The van der Waals surface area contributed by atoms with Crippen LogP contribution in [0.1, 0.15) is 121 Å². The molecule has 0 aliphatic heterocycles. The lowest BCUT2D eigenvalue weighted by Gasteiger charge is -2.34. The van der Waals surface area contributed by atoms with Crippen LogP contribution in [0.15, 0.2) is 185 Å². The highest BCUT2D eigenvalue weighted by Gasteiger charge is 2.39. The summed E-state index contributed by atoms with van der Waals surface area (Å²) >= 11 is 0.569. The molecule has 8 aromatic carbocycles. The average molecular weight is 1820 g/mol. The van der Waals surface area contributed by atoms with E-state index in [0.717, 1.165) is 77.6 Å². The van der Waals surface area contributed by atoms with E-state index < -0.39 is 105 Å². The van der Waals surface area contributed by atoms with Gasteiger partial charge in [0.15, 0.2) is 23.1 Å². The Morgan fingerprint density at radius 3 is 1.18 bits per heavy atom. The molecule has 0 unspecified atom stereocenters. The van der Waals surface area contributed by atoms with Crippen molar-refractivity contribution in [1.82, 2.24) is 39.0 Å². The zero-order valence-corrected chi connectivity index (χ0v) is 69.6. The minimum absolute atomic E-state index is 0.0100. The van der Waals surface area contributed by atoms with Crippen molar-refractivity contribution in [3.63, 3.8) is 0 Å². The number of hydrogen-bond acceptors (Lipinski definition) is 36. The summed E-state index contributed by atoms with van der Waals surface area (Å²) < 4.78 is 155. The second-order valence-electron chi connectivity index (χ2n) is 29.6. The molecule has 0 bridgehead atoms. The number of ketones is 4. The molecule has 2 fully saturated rings. The standard InChI is InChI=1S/C79H68N16O24S6/c1-94-54-27-25-48(62-64(54)60(44-13-3-5-15-46(44)70(62)98)66(72(94)100)68(96)38-9-7-11-42(30-38)122(104,105)106)84-50-32-53(59(125(113,114)115)34-56(50)120-118-116-102)87-79-91-75(81)89-77(93-79)83-41-23-19-37(20-24-41)29-36-17-21-40(22-18-36)82-76-88-74(80)90-78(92-76)86-51-33-52(58(124(110,111)112)35-57(51)121-119-117-103)85-49-26-28-55-65-61(45-14-4-6-16-47(45)71(99)63(49)65)67(73(101)95(55)2)69(97)39-10-8-12-43(31-39)123(107,108)109/h3-16,25-28,30-37,40-41,84-85,102-103H,17-24,29H2,1-2H3,(H,104,105,106)(H,107,108,109)(H,110,111,112)(H,113,114,115)(H4,80,82,86,88,90,92)(H4,81,83,87,89,91,93). The van der Waals surface area contributed by atoms with Crippen molar-refractivity contribution in [2.75, 3.05) is 43.4 Å². The monoisotopic (exact) mass is 1820 g/mol. The third-order valence-electron chi connectivity index (χ3n) is 22.1. The van der Waals surface area contributed by atoms with Gasteiger partial charge in [-0.25, -0.2) is 10.5 Å². The van der Waals surface area contributed by atoms with Crippen LogP contribution in [0.4, 0.5) is 69.8 Å². The van der Waals surface area contributed by atoms with Gasteiger partial charge in [-0.15, -0.1) is 8.67 Å². The number of fused-ring (bicyclic) bond motifs is 4. The fraction of sp³-hybridized carbons (Fsp3) is 0.190. The van der Waals surface area contributed by atoms with Crippen LogP contribution in [-0.2, 0) is 73.3 Å². The van der Waals surface area contributed by atoms with Crippen LogP contribution in [0, 0.1) is 11.8 Å². The Bertz CT molecular complexity index is 7220. The number of benzene rings is 8. The topological polar surface area (TPSA) is 609 Å². The number of nitrogens with two attached hydrogens (primary N) is 2. The van der Waals surface area contributed by atoms with E-state index in [2.05, 4.69) is 71.9 Å². The number of nitrogens with zero attached hydrogens (tertiary/aromatic N) is 8. The number of nitrogen functional groups attached to an aromatic ring is 2. The number of nitrogens with one attached hydrogen (secondary N) is 6. The fourth-order valence-electron chi connectivity index (χ4n) is 16.5. The zero-order valence-electron chi connectivity index (χ0n) is 64.7. The molecule has 2 saturated carbocycles. The summed E-state index contributed by atoms with van der Waals surface area (Å²) in [4.78, 5) is 111. The Hall–Kier alpha value is -12.6. The van der Waals surface area contributed by atoms with E-state index in [9.17, 15) is 91.2 Å². The smallest absolute Gasteiger partial charge is 0.296 e. The molecule has 4 aliphatic rings. The predicted molar refractivity (Wildman–Crippen MR) is 454 cm³/mol. The molecule has 0 spiro atoms. The maximum atomic E-state index is 14.9. The molecule has 16 rings (SSSR count). The van der Waals surface area contributed by atoms with Crippen molar-refractivity contribution in [3.8, 4) is 22.3 Å². The number of hydrogen-bond donors (Lipinski definition) is 14. The molecule has 46 heteroatoms. The van der Waals surface area contributed by atoms with Gasteiger partial charge in [0.1, 0.15) is 9.79 Å².